The van der Waals surface area contributed by atoms with E-state index in [0.29, 0.717) is 41.4 Å². The van der Waals surface area contributed by atoms with E-state index >= 15 is 0 Å². The van der Waals surface area contributed by atoms with Crippen LogP contribution in [0.25, 0.3) is 22.3 Å². The molecule has 0 radical (unpaired) electrons. The standard InChI is InChI=1S/C26H23F2N5O2/c1-2-23(34)31-18-4-3-5-20(14-18)35-25-21-15-22(32-24(21)29-16-30-25)17-6-8-19(9-7-17)33-12-10-26(27,28)11-13-33/h2-9,14-16H,1,10-13H2,(H,31,34)(H,29,30,32). The van der Waals surface area contributed by atoms with Crippen LogP contribution in [0.4, 0.5) is 20.2 Å². The third kappa shape index (κ3) is 4.98. The van der Waals surface area contributed by atoms with Gasteiger partial charge in [0.1, 0.15) is 17.7 Å². The molecular weight excluding hydrogens is 452 g/mol. The molecule has 2 N–H and O–H groups in total. The molecule has 178 valence electrons. The highest BCUT2D eigenvalue weighted by molar-refractivity contribution is 5.99. The number of nitrogens with zero attached hydrogens (tertiary/aromatic N) is 3. The highest BCUT2D eigenvalue weighted by Gasteiger charge is 2.34. The number of nitrogens with one attached hydrogen (secondary N) is 2. The van der Waals surface area contributed by atoms with Crippen molar-refractivity contribution >= 4 is 28.3 Å². The quantitative estimate of drug-likeness (QED) is 0.346. The lowest BCUT2D eigenvalue weighted by Crippen LogP contribution is -2.39. The molecular formula is C26H23F2N5O2. The third-order valence-electron chi connectivity index (χ3n) is 5.93. The van der Waals surface area contributed by atoms with Gasteiger partial charge < -0.3 is 19.9 Å². The predicted molar refractivity (Wildman–Crippen MR) is 131 cm³/mol. The van der Waals surface area contributed by atoms with Gasteiger partial charge in [0.2, 0.25) is 11.8 Å². The fraction of sp³-hybridized carbons (Fsp3) is 0.192. The van der Waals surface area contributed by atoms with E-state index in [0.717, 1.165) is 16.9 Å². The maximum atomic E-state index is 13.5. The number of aromatic nitrogens is 3. The summed E-state index contributed by atoms with van der Waals surface area (Å²) in [5, 5.41) is 3.40. The average molecular weight is 475 g/mol. The number of rotatable bonds is 6. The molecule has 3 heterocycles. The zero-order chi connectivity index (χ0) is 24.4. The summed E-state index contributed by atoms with van der Waals surface area (Å²) in [5.41, 5.74) is 3.87. The second-order valence-electron chi connectivity index (χ2n) is 8.34. The van der Waals surface area contributed by atoms with E-state index in [2.05, 4.69) is 26.8 Å². The maximum Gasteiger partial charge on any atom is 0.251 e. The second-order valence-corrected chi connectivity index (χ2v) is 8.34. The molecule has 0 bridgehead atoms. The van der Waals surface area contributed by atoms with Gasteiger partial charge in [0, 0.05) is 49.1 Å². The van der Waals surface area contributed by atoms with Gasteiger partial charge in [-0.05, 0) is 42.0 Å². The Balaban J connectivity index is 1.36. The summed E-state index contributed by atoms with van der Waals surface area (Å²) in [6, 6.07) is 16.7. The molecule has 1 aliphatic heterocycles. The van der Waals surface area contributed by atoms with Crippen molar-refractivity contribution in [2.45, 2.75) is 18.8 Å². The topological polar surface area (TPSA) is 83.1 Å². The van der Waals surface area contributed by atoms with Gasteiger partial charge in [-0.2, -0.15) is 0 Å². The van der Waals surface area contributed by atoms with Gasteiger partial charge in [0.15, 0.2) is 0 Å². The van der Waals surface area contributed by atoms with E-state index < -0.39 is 5.92 Å². The fourth-order valence-corrected chi connectivity index (χ4v) is 4.04. The second kappa shape index (κ2) is 9.17. The molecule has 0 unspecified atom stereocenters. The van der Waals surface area contributed by atoms with Crippen LogP contribution in [0.1, 0.15) is 12.8 Å². The minimum atomic E-state index is -2.57. The molecule has 0 atom stereocenters. The molecule has 9 heteroatoms. The number of piperidine rings is 1. The van der Waals surface area contributed by atoms with E-state index in [1.54, 1.807) is 24.3 Å². The van der Waals surface area contributed by atoms with Gasteiger partial charge in [-0.25, -0.2) is 18.7 Å². The average Bonchev–Trinajstić information content (AvgIpc) is 3.30. The largest absolute Gasteiger partial charge is 0.438 e. The lowest BCUT2D eigenvalue weighted by atomic mass is 10.1. The van der Waals surface area contributed by atoms with E-state index in [1.165, 1.54) is 12.4 Å². The number of anilines is 2. The summed E-state index contributed by atoms with van der Waals surface area (Å²) < 4.78 is 32.9. The van der Waals surface area contributed by atoms with E-state index in [1.807, 2.05) is 35.2 Å². The molecule has 2 aromatic heterocycles. The molecule has 1 aliphatic rings. The van der Waals surface area contributed by atoms with Crippen molar-refractivity contribution in [2.24, 2.45) is 0 Å². The van der Waals surface area contributed by atoms with E-state index in [9.17, 15) is 13.6 Å². The summed E-state index contributed by atoms with van der Waals surface area (Å²) in [6.45, 7) is 4.13. The number of carbonyl (C=O) groups is 1. The minimum Gasteiger partial charge on any atom is -0.438 e. The molecule has 1 saturated heterocycles. The van der Waals surface area contributed by atoms with Crippen LogP contribution in [0, 0.1) is 0 Å². The number of carbonyl (C=O) groups excluding carboxylic acids is 1. The van der Waals surface area contributed by atoms with Gasteiger partial charge in [-0.1, -0.05) is 24.8 Å². The molecule has 5 rings (SSSR count). The summed E-state index contributed by atoms with van der Waals surface area (Å²) in [4.78, 5) is 25.4. The van der Waals surface area contributed by atoms with Gasteiger partial charge in [0.25, 0.3) is 5.92 Å². The van der Waals surface area contributed by atoms with Crippen LogP contribution in [-0.2, 0) is 4.79 Å². The number of hydrogen-bond acceptors (Lipinski definition) is 5. The summed E-state index contributed by atoms with van der Waals surface area (Å²) in [5.74, 6) is -2.00. The van der Waals surface area contributed by atoms with Crippen molar-refractivity contribution < 1.29 is 18.3 Å². The Kier molecular flexibility index (Phi) is 5.90. The first kappa shape index (κ1) is 22.5. The molecule has 1 fully saturated rings. The van der Waals surface area contributed by atoms with Crippen molar-refractivity contribution in [3.05, 3.63) is 73.6 Å². The van der Waals surface area contributed by atoms with Crippen LogP contribution < -0.4 is 15.0 Å². The van der Waals surface area contributed by atoms with Crippen LogP contribution in [0.3, 0.4) is 0 Å². The van der Waals surface area contributed by atoms with Crippen LogP contribution in [0.5, 0.6) is 11.6 Å². The molecule has 4 aromatic rings. The zero-order valence-corrected chi connectivity index (χ0v) is 18.8. The predicted octanol–water partition coefficient (Wildman–Crippen LogP) is 5.78. The Bertz CT molecular complexity index is 1370. The van der Waals surface area contributed by atoms with Crippen molar-refractivity contribution in [1.82, 2.24) is 15.0 Å². The Labute approximate surface area is 200 Å². The van der Waals surface area contributed by atoms with E-state index in [-0.39, 0.29) is 18.7 Å². The number of ether oxygens (including phenoxy) is 1. The van der Waals surface area contributed by atoms with Crippen LogP contribution in [0.2, 0.25) is 0 Å². The number of hydrogen-bond donors (Lipinski definition) is 2. The third-order valence-corrected chi connectivity index (χ3v) is 5.93. The minimum absolute atomic E-state index is 0.123. The highest BCUT2D eigenvalue weighted by atomic mass is 19.3. The normalized spacial score (nSPS) is 15.1. The zero-order valence-electron chi connectivity index (χ0n) is 18.8. The van der Waals surface area contributed by atoms with Gasteiger partial charge in [0.05, 0.1) is 5.39 Å². The highest BCUT2D eigenvalue weighted by Crippen LogP contribution is 2.34. The van der Waals surface area contributed by atoms with Crippen LogP contribution in [0.15, 0.2) is 73.6 Å². The first-order valence-electron chi connectivity index (χ1n) is 11.2. The van der Waals surface area contributed by atoms with Crippen molar-refractivity contribution in [1.29, 1.82) is 0 Å². The Hall–Kier alpha value is -4.27. The van der Waals surface area contributed by atoms with Crippen molar-refractivity contribution in [3.63, 3.8) is 0 Å². The molecule has 0 saturated carbocycles. The first-order chi connectivity index (χ1) is 16.9. The number of alkyl halides is 2. The number of fused-ring (bicyclic) bond motifs is 1. The first-order valence-corrected chi connectivity index (χ1v) is 11.2. The Morgan fingerprint density at radius 2 is 1.89 bits per heavy atom. The van der Waals surface area contributed by atoms with Gasteiger partial charge >= 0.3 is 0 Å². The fourth-order valence-electron chi connectivity index (χ4n) is 4.04. The lowest BCUT2D eigenvalue weighted by molar-refractivity contribution is -0.111. The molecule has 0 aliphatic carbocycles. The SMILES string of the molecule is C=CC(=O)Nc1cccc(Oc2ncnc3[nH]c(-c4ccc(N5CCC(F)(F)CC5)cc4)cc23)c1. The van der Waals surface area contributed by atoms with Crippen molar-refractivity contribution in [2.75, 3.05) is 23.3 Å². The smallest absolute Gasteiger partial charge is 0.251 e. The number of benzene rings is 2. The van der Waals surface area contributed by atoms with Crippen LogP contribution >= 0.6 is 0 Å². The molecule has 35 heavy (non-hydrogen) atoms. The summed E-state index contributed by atoms with van der Waals surface area (Å²) >= 11 is 0. The van der Waals surface area contributed by atoms with Gasteiger partial charge in [-0.3, -0.25) is 4.79 Å². The number of amides is 1. The number of H-pyrrole nitrogens is 1. The van der Waals surface area contributed by atoms with E-state index in [4.69, 9.17) is 4.74 Å². The maximum absolute atomic E-state index is 13.5. The monoisotopic (exact) mass is 475 g/mol. The Morgan fingerprint density at radius 3 is 2.63 bits per heavy atom. The van der Waals surface area contributed by atoms with Crippen LogP contribution in [-0.4, -0.2) is 39.9 Å². The molecule has 2 aromatic carbocycles. The molecule has 7 nitrogen and oxygen atoms in total. The lowest BCUT2D eigenvalue weighted by Gasteiger charge is -2.33. The molecule has 1 amide bonds. The van der Waals surface area contributed by atoms with Crippen molar-refractivity contribution in [3.8, 4) is 22.9 Å². The molecule has 0 spiro atoms. The summed E-state index contributed by atoms with van der Waals surface area (Å²) in [6.07, 6.45) is 2.36. The van der Waals surface area contributed by atoms with Gasteiger partial charge in [-0.15, -0.1) is 0 Å². The number of halogens is 2. The Morgan fingerprint density at radius 1 is 1.11 bits per heavy atom. The number of aromatic amines is 1. The summed E-state index contributed by atoms with van der Waals surface area (Å²) in [7, 11) is 0.